The van der Waals surface area contributed by atoms with Gasteiger partial charge in [0.05, 0.1) is 25.7 Å². The highest BCUT2D eigenvalue weighted by Crippen LogP contribution is 2.20. The lowest BCUT2D eigenvalue weighted by molar-refractivity contribution is -0.150. The topological polar surface area (TPSA) is 84.9 Å². The summed E-state index contributed by atoms with van der Waals surface area (Å²) in [5.74, 6) is -0.973. The van der Waals surface area contributed by atoms with E-state index in [0.717, 1.165) is 5.56 Å². The van der Waals surface area contributed by atoms with Gasteiger partial charge in [0.1, 0.15) is 6.10 Å². The van der Waals surface area contributed by atoms with Crippen molar-refractivity contribution in [3.05, 3.63) is 48.0 Å². The summed E-state index contributed by atoms with van der Waals surface area (Å²) in [7, 11) is 0. The summed E-state index contributed by atoms with van der Waals surface area (Å²) in [5.41, 5.74) is 0.828. The summed E-state index contributed by atoms with van der Waals surface area (Å²) in [5, 5.41) is 2.88. The normalized spacial score (nSPS) is 25.2. The molecule has 0 bridgehead atoms. The zero-order valence-corrected chi connectivity index (χ0v) is 16.5. The van der Waals surface area contributed by atoms with Crippen LogP contribution in [0.1, 0.15) is 37.4 Å². The van der Waals surface area contributed by atoms with Crippen molar-refractivity contribution in [1.29, 1.82) is 0 Å². The second kappa shape index (κ2) is 10.8. The van der Waals surface area contributed by atoms with Crippen molar-refractivity contribution >= 4 is 17.8 Å². The van der Waals surface area contributed by atoms with Gasteiger partial charge in [-0.3, -0.25) is 14.4 Å². The highest BCUT2D eigenvalue weighted by atomic mass is 16.5. The Bertz CT molecular complexity index is 728. The van der Waals surface area contributed by atoms with Crippen molar-refractivity contribution in [3.8, 4) is 0 Å². The molecular formula is C22H28N2O5. The van der Waals surface area contributed by atoms with Crippen LogP contribution in [0.4, 0.5) is 0 Å². The molecule has 2 heterocycles. The monoisotopic (exact) mass is 400 g/mol. The van der Waals surface area contributed by atoms with E-state index in [4.69, 9.17) is 9.47 Å². The first kappa shape index (κ1) is 21.0. The number of cyclic esters (lactones) is 1. The summed E-state index contributed by atoms with van der Waals surface area (Å²) in [6, 6.07) is 9.36. The van der Waals surface area contributed by atoms with Crippen LogP contribution in [0, 0.1) is 5.92 Å². The SMILES string of the molecule is O=C1CC/C=C\C[C@@H](CC(=O)N2CCOCC2)C(=O)NC[C@@H](c2ccccc2)O1. The van der Waals surface area contributed by atoms with Gasteiger partial charge in [-0.05, 0) is 18.4 Å². The maximum absolute atomic E-state index is 12.8. The number of ether oxygens (including phenoxy) is 2. The second-order valence-electron chi connectivity index (χ2n) is 7.27. The molecule has 29 heavy (non-hydrogen) atoms. The van der Waals surface area contributed by atoms with Crippen molar-refractivity contribution in [2.45, 2.75) is 31.8 Å². The molecule has 0 unspecified atom stereocenters. The standard InChI is InChI=1S/C22H28N2O5/c25-20(24-11-13-28-14-12-24)15-18-9-5-2-6-10-21(26)29-19(16-23-22(18)27)17-7-3-1-4-8-17/h1-5,7-8,18-19H,6,9-16H2,(H,23,27)/b5-2-/t18-,19-/m0/s1. The van der Waals surface area contributed by atoms with Gasteiger partial charge in [0, 0.05) is 25.9 Å². The first-order valence-corrected chi connectivity index (χ1v) is 10.2. The number of hydrogen-bond donors (Lipinski definition) is 1. The highest BCUT2D eigenvalue weighted by Gasteiger charge is 2.26. The molecule has 2 atom stereocenters. The Balaban J connectivity index is 1.68. The van der Waals surface area contributed by atoms with Gasteiger partial charge in [0.25, 0.3) is 0 Å². The molecule has 1 aromatic carbocycles. The third-order valence-corrected chi connectivity index (χ3v) is 5.16. The van der Waals surface area contributed by atoms with Crippen molar-refractivity contribution < 1.29 is 23.9 Å². The first-order valence-electron chi connectivity index (χ1n) is 10.2. The summed E-state index contributed by atoms with van der Waals surface area (Å²) in [6.07, 6.45) is 4.66. The van der Waals surface area contributed by atoms with Gasteiger partial charge in [-0.2, -0.15) is 0 Å². The number of allylic oxidation sites excluding steroid dienone is 2. The van der Waals surface area contributed by atoms with Gasteiger partial charge in [-0.15, -0.1) is 0 Å². The van der Waals surface area contributed by atoms with Crippen LogP contribution in [-0.2, 0) is 23.9 Å². The minimum Gasteiger partial charge on any atom is -0.456 e. The number of nitrogens with one attached hydrogen (secondary N) is 1. The van der Waals surface area contributed by atoms with E-state index in [-0.39, 0.29) is 37.2 Å². The Kier molecular flexibility index (Phi) is 7.81. The predicted molar refractivity (Wildman–Crippen MR) is 107 cm³/mol. The fraction of sp³-hybridized carbons (Fsp3) is 0.500. The van der Waals surface area contributed by atoms with Gasteiger partial charge in [0.15, 0.2) is 0 Å². The lowest BCUT2D eigenvalue weighted by Gasteiger charge is -2.28. The number of nitrogens with zero attached hydrogens (tertiary/aromatic N) is 1. The molecular weight excluding hydrogens is 372 g/mol. The molecule has 1 saturated heterocycles. The van der Waals surface area contributed by atoms with Crippen LogP contribution >= 0.6 is 0 Å². The van der Waals surface area contributed by atoms with Crippen LogP contribution < -0.4 is 5.32 Å². The minimum atomic E-state index is -0.549. The largest absolute Gasteiger partial charge is 0.456 e. The number of rotatable bonds is 3. The van der Waals surface area contributed by atoms with Gasteiger partial charge in [-0.1, -0.05) is 42.5 Å². The molecule has 0 aliphatic carbocycles. The Morgan fingerprint density at radius 3 is 2.62 bits per heavy atom. The highest BCUT2D eigenvalue weighted by molar-refractivity contribution is 5.86. The van der Waals surface area contributed by atoms with Gasteiger partial charge >= 0.3 is 5.97 Å². The van der Waals surface area contributed by atoms with Gasteiger partial charge in [-0.25, -0.2) is 0 Å². The summed E-state index contributed by atoms with van der Waals surface area (Å²) in [6.45, 7) is 2.38. The first-order chi connectivity index (χ1) is 14.1. The van der Waals surface area contributed by atoms with Crippen LogP contribution in [0.2, 0.25) is 0 Å². The number of amides is 2. The van der Waals surface area contributed by atoms with E-state index in [1.807, 2.05) is 42.5 Å². The van der Waals surface area contributed by atoms with E-state index < -0.39 is 12.0 Å². The van der Waals surface area contributed by atoms with E-state index in [0.29, 0.717) is 39.1 Å². The van der Waals surface area contributed by atoms with E-state index in [1.54, 1.807) is 4.90 Å². The molecule has 156 valence electrons. The van der Waals surface area contributed by atoms with Crippen molar-refractivity contribution in [2.24, 2.45) is 5.92 Å². The zero-order valence-electron chi connectivity index (χ0n) is 16.5. The molecule has 1 fully saturated rings. The summed E-state index contributed by atoms with van der Waals surface area (Å²) < 4.78 is 10.9. The van der Waals surface area contributed by atoms with Gasteiger partial charge in [0.2, 0.25) is 11.8 Å². The molecule has 0 saturated carbocycles. The Morgan fingerprint density at radius 1 is 1.10 bits per heavy atom. The maximum Gasteiger partial charge on any atom is 0.306 e. The number of esters is 1. The fourth-order valence-corrected chi connectivity index (χ4v) is 3.47. The molecule has 7 nitrogen and oxygen atoms in total. The lowest BCUT2D eigenvalue weighted by Crippen LogP contribution is -2.43. The average Bonchev–Trinajstić information content (AvgIpc) is 2.75. The summed E-state index contributed by atoms with van der Waals surface area (Å²) in [4.78, 5) is 39.3. The number of carbonyl (C=O) groups is 3. The average molecular weight is 400 g/mol. The maximum atomic E-state index is 12.8. The molecule has 0 spiro atoms. The number of carbonyl (C=O) groups excluding carboxylic acids is 3. The Labute approximate surface area is 171 Å². The molecule has 3 rings (SSSR count). The van der Waals surface area contributed by atoms with E-state index in [2.05, 4.69) is 5.32 Å². The molecule has 1 N–H and O–H groups in total. The third-order valence-electron chi connectivity index (χ3n) is 5.16. The fourth-order valence-electron chi connectivity index (χ4n) is 3.47. The Hall–Kier alpha value is -2.67. The number of hydrogen-bond acceptors (Lipinski definition) is 5. The van der Waals surface area contributed by atoms with E-state index >= 15 is 0 Å². The van der Waals surface area contributed by atoms with Crippen molar-refractivity contribution in [2.75, 3.05) is 32.8 Å². The van der Waals surface area contributed by atoms with E-state index in [9.17, 15) is 14.4 Å². The molecule has 2 aliphatic rings. The second-order valence-corrected chi connectivity index (χ2v) is 7.27. The molecule has 0 radical (unpaired) electrons. The van der Waals surface area contributed by atoms with Crippen molar-refractivity contribution in [1.82, 2.24) is 10.2 Å². The third kappa shape index (κ3) is 6.42. The molecule has 1 aromatic rings. The van der Waals surface area contributed by atoms with Crippen LogP contribution in [0.15, 0.2) is 42.5 Å². The van der Waals surface area contributed by atoms with Gasteiger partial charge < -0.3 is 19.7 Å². The summed E-state index contributed by atoms with van der Waals surface area (Å²) >= 11 is 0. The number of benzene rings is 1. The van der Waals surface area contributed by atoms with Crippen LogP contribution in [0.3, 0.4) is 0 Å². The molecule has 2 amide bonds. The zero-order chi connectivity index (χ0) is 20.5. The van der Waals surface area contributed by atoms with Crippen LogP contribution in [0.25, 0.3) is 0 Å². The Morgan fingerprint density at radius 2 is 1.86 bits per heavy atom. The lowest BCUT2D eigenvalue weighted by atomic mass is 9.98. The minimum absolute atomic E-state index is 0.0278. The van der Waals surface area contributed by atoms with Crippen molar-refractivity contribution in [3.63, 3.8) is 0 Å². The smallest absolute Gasteiger partial charge is 0.306 e. The van der Waals surface area contributed by atoms with E-state index in [1.165, 1.54) is 0 Å². The number of morpholine rings is 1. The molecule has 2 aliphatic heterocycles. The van der Waals surface area contributed by atoms with Crippen LogP contribution in [-0.4, -0.2) is 55.5 Å². The molecule has 7 heteroatoms. The quantitative estimate of drug-likeness (QED) is 0.620. The molecule has 0 aromatic heterocycles. The predicted octanol–water partition coefficient (Wildman–Crippen LogP) is 1.99. The van der Waals surface area contributed by atoms with Crippen LogP contribution in [0.5, 0.6) is 0 Å².